The monoisotopic (exact) mass is 375 g/mol. The Morgan fingerprint density at radius 1 is 1.35 bits per heavy atom. The van der Waals surface area contributed by atoms with Crippen LogP contribution in [-0.4, -0.2) is 31.1 Å². The molecule has 0 saturated carbocycles. The number of hydrogen-bond acceptors (Lipinski definition) is 5. The first-order valence-electron chi connectivity index (χ1n) is 6.00. The van der Waals surface area contributed by atoms with Crippen molar-refractivity contribution < 1.29 is 17.8 Å². The number of carbonyl (C=O) groups is 1. The molecule has 0 aliphatic carbocycles. The Morgan fingerprint density at radius 2 is 1.96 bits per heavy atom. The van der Waals surface area contributed by atoms with Crippen LogP contribution < -0.4 is 11.1 Å². The highest BCUT2D eigenvalue weighted by atomic mass is 35.5. The number of carbonyl (C=O) groups excluding carboxylic acids is 1. The molecule has 1 heterocycles. The molecule has 7 nitrogen and oxygen atoms in total. The highest BCUT2D eigenvalue weighted by Gasteiger charge is 2.08. The van der Waals surface area contributed by atoms with Gasteiger partial charge in [0.25, 0.3) is 16.0 Å². The third-order valence-electron chi connectivity index (χ3n) is 2.23. The van der Waals surface area contributed by atoms with Gasteiger partial charge in [-0.15, -0.1) is 11.3 Å². The first kappa shape index (κ1) is 19.1. The van der Waals surface area contributed by atoms with E-state index in [1.807, 2.05) is 18.2 Å². The quantitative estimate of drug-likeness (QED) is 0.362. The summed E-state index contributed by atoms with van der Waals surface area (Å²) in [5, 5.41) is 9.27. The van der Waals surface area contributed by atoms with Gasteiger partial charge >= 0.3 is 0 Å². The maximum absolute atomic E-state index is 11.7. The van der Waals surface area contributed by atoms with Crippen molar-refractivity contribution in [2.75, 3.05) is 6.26 Å². The van der Waals surface area contributed by atoms with Crippen LogP contribution in [0.25, 0.3) is 10.4 Å². The SMILES string of the molecule is CS(=O)(=O)O.N=C(N)NC(=O)c1cccc(-c2ccc(Cl)s2)c1. The molecule has 2 rings (SSSR count). The Balaban J connectivity index is 0.000000463. The van der Waals surface area contributed by atoms with Gasteiger partial charge in [-0.05, 0) is 29.8 Å². The zero-order valence-electron chi connectivity index (χ0n) is 11.9. The van der Waals surface area contributed by atoms with Gasteiger partial charge < -0.3 is 5.73 Å². The molecule has 0 spiro atoms. The van der Waals surface area contributed by atoms with E-state index in [4.69, 9.17) is 27.3 Å². The van der Waals surface area contributed by atoms with E-state index < -0.39 is 16.0 Å². The lowest BCUT2D eigenvalue weighted by molar-refractivity contribution is 0.0976. The molecule has 0 unspecified atom stereocenters. The van der Waals surface area contributed by atoms with Crippen molar-refractivity contribution in [3.63, 3.8) is 0 Å². The van der Waals surface area contributed by atoms with Crippen molar-refractivity contribution in [3.8, 4) is 10.4 Å². The lowest BCUT2D eigenvalue weighted by Crippen LogP contribution is -2.35. The van der Waals surface area contributed by atoms with E-state index in [2.05, 4.69) is 5.32 Å². The topological polar surface area (TPSA) is 133 Å². The second-order valence-corrected chi connectivity index (χ2v) is 7.47. The van der Waals surface area contributed by atoms with Crippen LogP contribution in [-0.2, 0) is 10.1 Å². The van der Waals surface area contributed by atoms with Gasteiger partial charge in [0, 0.05) is 10.4 Å². The predicted octanol–water partition coefficient (Wildman–Crippen LogP) is 2.20. The van der Waals surface area contributed by atoms with E-state index in [1.165, 1.54) is 11.3 Å². The van der Waals surface area contributed by atoms with E-state index in [0.29, 0.717) is 16.2 Å². The van der Waals surface area contributed by atoms with Gasteiger partial charge in [0.2, 0.25) is 0 Å². The molecule has 0 fully saturated rings. The first-order valence-corrected chi connectivity index (χ1v) is 9.04. The Bertz CT molecular complexity index is 810. The van der Waals surface area contributed by atoms with Crippen molar-refractivity contribution in [2.24, 2.45) is 5.73 Å². The molecule has 0 aliphatic rings. The predicted molar refractivity (Wildman–Crippen MR) is 91.6 cm³/mol. The van der Waals surface area contributed by atoms with Gasteiger partial charge in [-0.3, -0.25) is 20.1 Å². The Kier molecular flexibility index (Phi) is 6.70. The van der Waals surface area contributed by atoms with Crippen molar-refractivity contribution in [3.05, 3.63) is 46.3 Å². The van der Waals surface area contributed by atoms with Crippen molar-refractivity contribution in [1.82, 2.24) is 5.32 Å². The molecule has 1 aromatic heterocycles. The summed E-state index contributed by atoms with van der Waals surface area (Å²) in [6.07, 6.45) is 0.715. The molecule has 0 saturated heterocycles. The Hall–Kier alpha value is -1.94. The lowest BCUT2D eigenvalue weighted by Gasteiger charge is -2.04. The molecule has 1 aromatic carbocycles. The maximum atomic E-state index is 11.7. The minimum Gasteiger partial charge on any atom is -0.370 e. The average molecular weight is 376 g/mol. The summed E-state index contributed by atoms with van der Waals surface area (Å²) in [5.41, 5.74) is 6.48. The number of nitrogens with two attached hydrogens (primary N) is 1. The van der Waals surface area contributed by atoms with Gasteiger partial charge in [-0.2, -0.15) is 8.42 Å². The second kappa shape index (κ2) is 8.06. The summed E-state index contributed by atoms with van der Waals surface area (Å²) in [6, 6.07) is 10.8. The van der Waals surface area contributed by atoms with E-state index in [-0.39, 0.29) is 5.96 Å². The Morgan fingerprint density at radius 3 is 2.43 bits per heavy atom. The summed E-state index contributed by atoms with van der Waals surface area (Å²) in [4.78, 5) is 12.7. The fraction of sp³-hybridized carbons (Fsp3) is 0.0769. The molecule has 2 aromatic rings. The van der Waals surface area contributed by atoms with Crippen LogP contribution in [0, 0.1) is 5.41 Å². The molecule has 10 heteroatoms. The minimum atomic E-state index is -3.67. The molecule has 5 N–H and O–H groups in total. The molecule has 0 aliphatic heterocycles. The van der Waals surface area contributed by atoms with Gasteiger partial charge in [-0.25, -0.2) is 0 Å². The fourth-order valence-electron chi connectivity index (χ4n) is 1.48. The highest BCUT2D eigenvalue weighted by molar-refractivity contribution is 7.85. The number of rotatable bonds is 2. The number of hydrogen-bond donors (Lipinski definition) is 4. The third kappa shape index (κ3) is 7.75. The number of guanidine groups is 1. The molecule has 0 atom stereocenters. The van der Waals surface area contributed by atoms with Crippen LogP contribution in [0.1, 0.15) is 10.4 Å². The number of amides is 1. The van der Waals surface area contributed by atoms with Crippen molar-refractivity contribution in [2.45, 2.75) is 0 Å². The van der Waals surface area contributed by atoms with Gasteiger partial charge in [-0.1, -0.05) is 23.7 Å². The van der Waals surface area contributed by atoms with E-state index in [1.54, 1.807) is 18.2 Å². The molecule has 124 valence electrons. The third-order valence-corrected chi connectivity index (χ3v) is 3.51. The summed E-state index contributed by atoms with van der Waals surface area (Å²) < 4.78 is 26.6. The standard InChI is InChI=1S/C12H10ClN3OS.CH4O3S/c13-10-5-4-9(18-10)7-2-1-3-8(6-7)11(17)16-12(14)15;1-5(2,3)4/h1-6H,(H4,14,15,16,17);1H3,(H,2,3,4). The highest BCUT2D eigenvalue weighted by Crippen LogP contribution is 2.31. The Labute approximate surface area is 142 Å². The smallest absolute Gasteiger partial charge is 0.261 e. The lowest BCUT2D eigenvalue weighted by atomic mass is 10.1. The summed E-state index contributed by atoms with van der Waals surface area (Å²) in [6.45, 7) is 0. The van der Waals surface area contributed by atoms with Crippen molar-refractivity contribution >= 4 is 44.9 Å². The first-order chi connectivity index (χ1) is 10.6. The second-order valence-electron chi connectivity index (χ2n) is 4.29. The average Bonchev–Trinajstić information content (AvgIpc) is 2.83. The maximum Gasteiger partial charge on any atom is 0.261 e. The number of benzene rings is 1. The number of halogens is 1. The van der Waals surface area contributed by atoms with Crippen LogP contribution in [0.3, 0.4) is 0 Å². The van der Waals surface area contributed by atoms with Crippen LogP contribution in [0.5, 0.6) is 0 Å². The molecule has 0 radical (unpaired) electrons. The van der Waals surface area contributed by atoms with Gasteiger partial charge in [0.15, 0.2) is 5.96 Å². The van der Waals surface area contributed by atoms with Gasteiger partial charge in [0.05, 0.1) is 10.6 Å². The van der Waals surface area contributed by atoms with Crippen LogP contribution in [0.15, 0.2) is 36.4 Å². The molecule has 23 heavy (non-hydrogen) atoms. The van der Waals surface area contributed by atoms with E-state index in [0.717, 1.165) is 10.4 Å². The molecular weight excluding hydrogens is 362 g/mol. The summed E-state index contributed by atoms with van der Waals surface area (Å²) in [5.74, 6) is -0.767. The molecular formula is C13H14ClN3O4S2. The largest absolute Gasteiger partial charge is 0.370 e. The normalized spacial score (nSPS) is 10.4. The number of thiophene rings is 1. The van der Waals surface area contributed by atoms with E-state index in [9.17, 15) is 13.2 Å². The van der Waals surface area contributed by atoms with Crippen LogP contribution in [0.2, 0.25) is 4.34 Å². The summed E-state index contributed by atoms with van der Waals surface area (Å²) >= 11 is 7.32. The molecule has 1 amide bonds. The van der Waals surface area contributed by atoms with Crippen LogP contribution in [0.4, 0.5) is 0 Å². The summed E-state index contributed by atoms with van der Waals surface area (Å²) in [7, 11) is -3.67. The zero-order chi connectivity index (χ0) is 17.6. The van der Waals surface area contributed by atoms with Crippen molar-refractivity contribution in [1.29, 1.82) is 5.41 Å². The zero-order valence-corrected chi connectivity index (χ0v) is 14.3. The fourth-order valence-corrected chi connectivity index (χ4v) is 2.52. The van der Waals surface area contributed by atoms with Crippen LogP contribution >= 0.6 is 22.9 Å². The van der Waals surface area contributed by atoms with Gasteiger partial charge in [0.1, 0.15) is 0 Å². The number of nitrogens with one attached hydrogen (secondary N) is 2. The minimum absolute atomic E-state index is 0.371. The van der Waals surface area contributed by atoms with E-state index >= 15 is 0 Å². The molecule has 0 bridgehead atoms.